The molecule has 5 heterocycles. The first-order valence-electron chi connectivity index (χ1n) is 10.6. The third kappa shape index (κ3) is 3.38. The first-order valence-corrected chi connectivity index (χ1v) is 11.8. The topological polar surface area (TPSA) is 117 Å². The highest BCUT2D eigenvalue weighted by Crippen LogP contribution is 2.42. The van der Waals surface area contributed by atoms with E-state index in [1.165, 1.54) is 11.3 Å². The molecule has 33 heavy (non-hydrogen) atoms. The van der Waals surface area contributed by atoms with Gasteiger partial charge in [-0.1, -0.05) is 11.6 Å². The van der Waals surface area contributed by atoms with Crippen LogP contribution in [0.25, 0.3) is 32.6 Å². The van der Waals surface area contributed by atoms with E-state index in [9.17, 15) is 9.50 Å². The summed E-state index contributed by atoms with van der Waals surface area (Å²) in [7, 11) is 0. The Hall–Kier alpha value is -2.11. The first kappa shape index (κ1) is 22.7. The molecule has 4 atom stereocenters. The van der Waals surface area contributed by atoms with E-state index in [1.54, 1.807) is 0 Å². The molecule has 2 aliphatic heterocycles. The number of aromatic amines is 1. The minimum Gasteiger partial charge on any atom is -0.389 e. The number of thiazole rings is 1. The lowest BCUT2D eigenvalue weighted by Crippen LogP contribution is -2.56. The highest BCUT2D eigenvalue weighted by Gasteiger charge is 2.47. The summed E-state index contributed by atoms with van der Waals surface area (Å²) in [5, 5.41) is 17.9. The van der Waals surface area contributed by atoms with Crippen molar-refractivity contribution >= 4 is 62.5 Å². The fourth-order valence-electron chi connectivity index (χ4n) is 5.12. The van der Waals surface area contributed by atoms with Crippen LogP contribution in [0.15, 0.2) is 12.1 Å². The lowest BCUT2D eigenvalue weighted by atomic mass is 9.96. The average Bonchev–Trinajstić information content (AvgIpc) is 3.47. The molecule has 4 aromatic rings. The monoisotopic (exact) mass is 509 g/mol. The van der Waals surface area contributed by atoms with Crippen molar-refractivity contribution in [2.75, 3.05) is 4.90 Å². The first-order chi connectivity index (χ1) is 15.5. The molecule has 174 valence electrons. The summed E-state index contributed by atoms with van der Waals surface area (Å²) in [6, 6.07) is 3.21. The lowest BCUT2D eigenvalue weighted by Gasteiger charge is -2.41. The van der Waals surface area contributed by atoms with Gasteiger partial charge in [-0.25, -0.2) is 19.3 Å². The smallest absolute Gasteiger partial charge is 0.177 e. The number of benzene rings is 1. The van der Waals surface area contributed by atoms with Gasteiger partial charge < -0.3 is 15.7 Å². The second-order valence-electron chi connectivity index (χ2n) is 8.49. The molecular weight excluding hydrogens is 488 g/mol. The number of H-pyrrole nitrogens is 1. The third-order valence-corrected chi connectivity index (χ3v) is 8.16. The second kappa shape index (κ2) is 8.28. The predicted molar refractivity (Wildman–Crippen MR) is 130 cm³/mol. The molecule has 0 spiro atoms. The molecule has 2 aliphatic rings. The molecule has 2 saturated heterocycles. The number of rotatable bonds is 3. The second-order valence-corrected chi connectivity index (χ2v) is 9.95. The van der Waals surface area contributed by atoms with Crippen LogP contribution in [0.5, 0.6) is 0 Å². The Labute approximate surface area is 203 Å². The number of alkyl halides is 1. The standard InChI is InChI=1S/C21H21ClFN7OS.ClH/c1-8-21(30-9-2-5-13(30)16(23)11(24)6-9)27-20-18(25-8)17(28-29-20)10-3-4-12-19(15(10)22)32-14(7-31)26-12;/h3-4,9,11,13,16,31H,2,5-7,24H2,1H3,(H,27,28,29);1H/t9-,11-,13+,16-;/m0./s1. The van der Waals surface area contributed by atoms with Crippen molar-refractivity contribution in [3.05, 3.63) is 27.9 Å². The molecule has 0 unspecified atom stereocenters. The molecule has 0 aliphatic carbocycles. The van der Waals surface area contributed by atoms with E-state index in [-0.39, 0.29) is 31.1 Å². The maximum Gasteiger partial charge on any atom is 0.177 e. The van der Waals surface area contributed by atoms with Crippen molar-refractivity contribution in [3.8, 4) is 11.3 Å². The zero-order valence-corrected chi connectivity index (χ0v) is 20.0. The van der Waals surface area contributed by atoms with Crippen LogP contribution < -0.4 is 10.6 Å². The number of aryl methyl sites for hydroxylation is 1. The molecule has 1 aromatic carbocycles. The van der Waals surface area contributed by atoms with E-state index in [2.05, 4.69) is 20.1 Å². The number of hydrogen-bond donors (Lipinski definition) is 3. The summed E-state index contributed by atoms with van der Waals surface area (Å²) in [6.45, 7) is 1.76. The van der Waals surface area contributed by atoms with Gasteiger partial charge in [-0.3, -0.25) is 5.10 Å². The van der Waals surface area contributed by atoms with Gasteiger partial charge in [-0.2, -0.15) is 5.10 Å². The van der Waals surface area contributed by atoms with Crippen LogP contribution in [0.4, 0.5) is 10.2 Å². The minimum atomic E-state index is -1.07. The quantitative estimate of drug-likeness (QED) is 0.383. The van der Waals surface area contributed by atoms with Crippen LogP contribution in [-0.2, 0) is 6.61 Å². The summed E-state index contributed by atoms with van der Waals surface area (Å²) in [5.41, 5.74) is 9.92. The van der Waals surface area contributed by atoms with Crippen molar-refractivity contribution in [2.45, 2.75) is 57.1 Å². The maximum absolute atomic E-state index is 14.8. The maximum atomic E-state index is 14.8. The number of nitrogens with zero attached hydrogens (tertiary/aromatic N) is 5. The fourth-order valence-corrected chi connectivity index (χ4v) is 6.35. The highest BCUT2D eigenvalue weighted by atomic mass is 35.5. The number of aromatic nitrogens is 5. The Morgan fingerprint density at radius 1 is 1.30 bits per heavy atom. The van der Waals surface area contributed by atoms with E-state index < -0.39 is 12.2 Å². The van der Waals surface area contributed by atoms with E-state index in [4.69, 9.17) is 27.3 Å². The summed E-state index contributed by atoms with van der Waals surface area (Å²) >= 11 is 8.05. The van der Waals surface area contributed by atoms with Gasteiger partial charge in [0.25, 0.3) is 0 Å². The number of nitrogens with one attached hydrogen (secondary N) is 1. The molecule has 2 bridgehead atoms. The van der Waals surface area contributed by atoms with E-state index >= 15 is 0 Å². The molecule has 8 nitrogen and oxygen atoms in total. The van der Waals surface area contributed by atoms with E-state index in [1.807, 2.05) is 19.1 Å². The molecule has 0 saturated carbocycles. The van der Waals surface area contributed by atoms with Gasteiger partial charge >= 0.3 is 0 Å². The van der Waals surface area contributed by atoms with Crippen molar-refractivity contribution in [1.29, 1.82) is 0 Å². The number of halogens is 3. The van der Waals surface area contributed by atoms with Gasteiger partial charge in [-0.05, 0) is 38.3 Å². The molecular formula is C21H22Cl2FN7OS. The lowest BCUT2D eigenvalue weighted by molar-refractivity contribution is 0.203. The number of piperidine rings is 1. The van der Waals surface area contributed by atoms with Crippen LogP contribution >= 0.6 is 35.3 Å². The zero-order chi connectivity index (χ0) is 22.1. The fraction of sp³-hybridized carbons (Fsp3) is 0.429. The summed E-state index contributed by atoms with van der Waals surface area (Å²) in [4.78, 5) is 16.1. The SMILES string of the molecule is Cc1nc2c(-c3ccc4nc(CO)sc4c3Cl)n[nH]c2nc1N1[C@H]2CC[C@@H]1[C@@H](F)[C@@H](N)C2.Cl. The molecule has 12 heteroatoms. The number of hydrogen-bond acceptors (Lipinski definition) is 8. The average molecular weight is 510 g/mol. The summed E-state index contributed by atoms with van der Waals surface area (Å²) < 4.78 is 15.6. The third-order valence-electron chi connectivity index (χ3n) is 6.59. The van der Waals surface area contributed by atoms with Gasteiger partial charge in [0.15, 0.2) is 11.5 Å². The number of anilines is 1. The molecule has 0 radical (unpaired) electrons. The Morgan fingerprint density at radius 2 is 2.12 bits per heavy atom. The van der Waals surface area contributed by atoms with Crippen LogP contribution in [0.3, 0.4) is 0 Å². The molecule has 0 amide bonds. The summed E-state index contributed by atoms with van der Waals surface area (Å²) in [5.74, 6) is 0.686. The van der Waals surface area contributed by atoms with Crippen molar-refractivity contribution in [2.24, 2.45) is 5.73 Å². The van der Waals surface area contributed by atoms with Gasteiger partial charge in [0.2, 0.25) is 0 Å². The predicted octanol–water partition coefficient (Wildman–Crippen LogP) is 3.91. The molecule has 6 rings (SSSR count). The molecule has 3 aromatic heterocycles. The number of fused-ring (bicyclic) bond motifs is 4. The van der Waals surface area contributed by atoms with Crippen LogP contribution in [0.2, 0.25) is 5.02 Å². The van der Waals surface area contributed by atoms with Crippen molar-refractivity contribution < 1.29 is 9.50 Å². The Bertz CT molecular complexity index is 1360. The van der Waals surface area contributed by atoms with Crippen LogP contribution in [0, 0.1) is 6.92 Å². The van der Waals surface area contributed by atoms with Gasteiger partial charge in [0, 0.05) is 17.6 Å². The number of nitrogens with two attached hydrogens (primary N) is 1. The Balaban J connectivity index is 0.00000228. The molecule has 2 fully saturated rings. The normalized spacial score (nSPS) is 24.6. The van der Waals surface area contributed by atoms with Gasteiger partial charge in [0.1, 0.15) is 22.4 Å². The minimum absolute atomic E-state index is 0. The summed E-state index contributed by atoms with van der Waals surface area (Å²) in [6.07, 6.45) is 1.22. The van der Waals surface area contributed by atoms with Crippen molar-refractivity contribution in [1.82, 2.24) is 25.1 Å². The van der Waals surface area contributed by atoms with Crippen LogP contribution in [0.1, 0.15) is 30.0 Å². The van der Waals surface area contributed by atoms with Crippen LogP contribution in [-0.4, -0.2) is 54.6 Å². The number of aliphatic hydroxyl groups is 1. The van der Waals surface area contributed by atoms with E-state index in [0.29, 0.717) is 44.7 Å². The largest absolute Gasteiger partial charge is 0.389 e. The Morgan fingerprint density at radius 3 is 2.91 bits per heavy atom. The van der Waals surface area contributed by atoms with Gasteiger partial charge in [0.05, 0.1) is 33.6 Å². The number of aliphatic hydroxyl groups excluding tert-OH is 1. The Kier molecular flexibility index (Phi) is 5.69. The van der Waals surface area contributed by atoms with Crippen molar-refractivity contribution in [3.63, 3.8) is 0 Å². The van der Waals surface area contributed by atoms with E-state index in [0.717, 1.165) is 28.8 Å². The highest BCUT2D eigenvalue weighted by molar-refractivity contribution is 7.19. The molecule has 4 N–H and O–H groups in total. The van der Waals surface area contributed by atoms with Gasteiger partial charge in [-0.15, -0.1) is 23.7 Å². The zero-order valence-electron chi connectivity index (χ0n) is 17.6.